The molecule has 1 aromatic carbocycles. The van der Waals surface area contributed by atoms with Crippen molar-refractivity contribution in [2.45, 2.75) is 51.9 Å². The van der Waals surface area contributed by atoms with E-state index in [9.17, 15) is 0 Å². The molecule has 1 aliphatic rings. The lowest BCUT2D eigenvalue weighted by molar-refractivity contribution is 0.107. The maximum Gasteiger partial charge on any atom is 0.0710 e. The monoisotopic (exact) mass is 276 g/mol. The van der Waals surface area contributed by atoms with Crippen LogP contribution in [0.25, 0.3) is 0 Å². The zero-order valence-electron chi connectivity index (χ0n) is 13.3. The van der Waals surface area contributed by atoms with Gasteiger partial charge >= 0.3 is 0 Å². The molecule has 1 aromatic rings. The Morgan fingerprint density at radius 3 is 2.70 bits per heavy atom. The van der Waals surface area contributed by atoms with Gasteiger partial charge in [-0.2, -0.15) is 0 Å². The van der Waals surface area contributed by atoms with Crippen LogP contribution in [-0.2, 0) is 17.8 Å². The highest BCUT2D eigenvalue weighted by molar-refractivity contribution is 5.23. The van der Waals surface area contributed by atoms with E-state index in [0.717, 1.165) is 32.6 Å². The molecule has 0 aromatic heterocycles. The number of hydrogen-bond acceptors (Lipinski definition) is 3. The van der Waals surface area contributed by atoms with E-state index < -0.39 is 0 Å². The SMILES string of the molecule is COC1CCN(Cc2cccc(CNC(C)(C)C)c2)C1. The van der Waals surface area contributed by atoms with Gasteiger partial charge in [0, 0.05) is 38.8 Å². The van der Waals surface area contributed by atoms with Crippen LogP contribution in [0, 0.1) is 0 Å². The van der Waals surface area contributed by atoms with E-state index >= 15 is 0 Å². The van der Waals surface area contributed by atoms with Gasteiger partial charge < -0.3 is 10.1 Å². The Morgan fingerprint density at radius 2 is 2.05 bits per heavy atom. The van der Waals surface area contributed by atoms with Crippen molar-refractivity contribution >= 4 is 0 Å². The van der Waals surface area contributed by atoms with Crippen LogP contribution >= 0.6 is 0 Å². The van der Waals surface area contributed by atoms with Crippen molar-refractivity contribution in [1.82, 2.24) is 10.2 Å². The first kappa shape index (κ1) is 15.5. The number of rotatable bonds is 5. The van der Waals surface area contributed by atoms with Gasteiger partial charge in [0.1, 0.15) is 0 Å². The Bertz CT molecular complexity index is 425. The Balaban J connectivity index is 1.89. The minimum Gasteiger partial charge on any atom is -0.380 e. The molecule has 0 spiro atoms. The molecule has 2 rings (SSSR count). The van der Waals surface area contributed by atoms with Crippen molar-refractivity contribution in [2.24, 2.45) is 0 Å². The average molecular weight is 276 g/mol. The lowest BCUT2D eigenvalue weighted by Gasteiger charge is -2.21. The summed E-state index contributed by atoms with van der Waals surface area (Å²) in [6.45, 7) is 10.8. The predicted molar refractivity (Wildman–Crippen MR) is 83.7 cm³/mol. The number of likely N-dealkylation sites (tertiary alicyclic amines) is 1. The second-order valence-electron chi connectivity index (χ2n) is 6.81. The van der Waals surface area contributed by atoms with Gasteiger partial charge in [-0.25, -0.2) is 0 Å². The van der Waals surface area contributed by atoms with E-state index in [0.29, 0.717) is 6.10 Å². The fourth-order valence-electron chi connectivity index (χ4n) is 2.60. The molecule has 1 fully saturated rings. The molecule has 1 aliphatic heterocycles. The van der Waals surface area contributed by atoms with Gasteiger partial charge in [0.25, 0.3) is 0 Å². The summed E-state index contributed by atoms with van der Waals surface area (Å²) >= 11 is 0. The molecule has 20 heavy (non-hydrogen) atoms. The summed E-state index contributed by atoms with van der Waals surface area (Å²) in [6, 6.07) is 8.91. The lowest BCUT2D eigenvalue weighted by atomic mass is 10.1. The standard InChI is InChI=1S/C17H28N2O/c1-17(2,3)18-11-14-6-5-7-15(10-14)12-19-9-8-16(13-19)20-4/h5-7,10,16,18H,8-9,11-13H2,1-4H3. The Morgan fingerprint density at radius 1 is 1.30 bits per heavy atom. The maximum atomic E-state index is 5.43. The van der Waals surface area contributed by atoms with Crippen molar-refractivity contribution in [1.29, 1.82) is 0 Å². The van der Waals surface area contributed by atoms with E-state index in [2.05, 4.69) is 55.3 Å². The minimum absolute atomic E-state index is 0.163. The van der Waals surface area contributed by atoms with E-state index in [4.69, 9.17) is 4.74 Å². The van der Waals surface area contributed by atoms with Crippen molar-refractivity contribution in [3.8, 4) is 0 Å². The van der Waals surface area contributed by atoms with Crippen LogP contribution < -0.4 is 5.32 Å². The molecule has 3 heteroatoms. The highest BCUT2D eigenvalue weighted by atomic mass is 16.5. The molecule has 1 atom stereocenters. The smallest absolute Gasteiger partial charge is 0.0710 e. The largest absolute Gasteiger partial charge is 0.380 e. The number of benzene rings is 1. The molecule has 0 amide bonds. The summed E-state index contributed by atoms with van der Waals surface area (Å²) in [5.74, 6) is 0. The van der Waals surface area contributed by atoms with Crippen LogP contribution in [0.15, 0.2) is 24.3 Å². The van der Waals surface area contributed by atoms with Crippen LogP contribution in [0.5, 0.6) is 0 Å². The molecular weight excluding hydrogens is 248 g/mol. The molecular formula is C17H28N2O. The van der Waals surface area contributed by atoms with Gasteiger partial charge in [-0.15, -0.1) is 0 Å². The van der Waals surface area contributed by atoms with Gasteiger partial charge in [-0.1, -0.05) is 24.3 Å². The Kier molecular flexibility index (Phi) is 5.19. The van der Waals surface area contributed by atoms with E-state index in [1.165, 1.54) is 11.1 Å². The highest BCUT2D eigenvalue weighted by Gasteiger charge is 2.21. The maximum absolute atomic E-state index is 5.43. The van der Waals surface area contributed by atoms with Gasteiger partial charge in [0.05, 0.1) is 6.10 Å². The number of nitrogens with zero attached hydrogens (tertiary/aromatic N) is 1. The molecule has 0 bridgehead atoms. The summed E-state index contributed by atoms with van der Waals surface area (Å²) in [5, 5.41) is 3.54. The van der Waals surface area contributed by atoms with Crippen molar-refractivity contribution < 1.29 is 4.74 Å². The van der Waals surface area contributed by atoms with Crippen LogP contribution in [0.1, 0.15) is 38.3 Å². The fraction of sp³-hybridized carbons (Fsp3) is 0.647. The predicted octanol–water partition coefficient (Wildman–Crippen LogP) is 2.80. The van der Waals surface area contributed by atoms with E-state index in [1.54, 1.807) is 0 Å². The van der Waals surface area contributed by atoms with Crippen molar-refractivity contribution in [3.63, 3.8) is 0 Å². The quantitative estimate of drug-likeness (QED) is 0.895. The zero-order valence-corrected chi connectivity index (χ0v) is 13.3. The zero-order chi connectivity index (χ0) is 14.6. The average Bonchev–Trinajstić information content (AvgIpc) is 2.84. The normalized spacial score (nSPS) is 20.5. The van der Waals surface area contributed by atoms with Crippen LogP contribution in [-0.4, -0.2) is 36.7 Å². The highest BCUT2D eigenvalue weighted by Crippen LogP contribution is 2.16. The summed E-state index contributed by atoms with van der Waals surface area (Å²) in [6.07, 6.45) is 1.57. The second kappa shape index (κ2) is 6.70. The van der Waals surface area contributed by atoms with Crippen molar-refractivity contribution in [2.75, 3.05) is 20.2 Å². The second-order valence-corrected chi connectivity index (χ2v) is 6.81. The van der Waals surface area contributed by atoms with Gasteiger partial charge in [-0.3, -0.25) is 4.90 Å². The van der Waals surface area contributed by atoms with Gasteiger partial charge in [0.15, 0.2) is 0 Å². The minimum atomic E-state index is 0.163. The van der Waals surface area contributed by atoms with Crippen LogP contribution in [0.3, 0.4) is 0 Å². The molecule has 1 unspecified atom stereocenters. The molecule has 112 valence electrons. The van der Waals surface area contributed by atoms with E-state index in [1.807, 2.05) is 7.11 Å². The van der Waals surface area contributed by atoms with Gasteiger partial charge in [-0.05, 0) is 38.3 Å². The Hall–Kier alpha value is -0.900. The molecule has 0 radical (unpaired) electrons. The molecule has 0 aliphatic carbocycles. The Labute approximate surface area is 123 Å². The number of nitrogens with one attached hydrogen (secondary N) is 1. The van der Waals surface area contributed by atoms with E-state index in [-0.39, 0.29) is 5.54 Å². The summed E-state index contributed by atoms with van der Waals surface area (Å²) in [7, 11) is 1.81. The van der Waals surface area contributed by atoms with Crippen LogP contribution in [0.4, 0.5) is 0 Å². The molecule has 1 saturated heterocycles. The van der Waals surface area contributed by atoms with Crippen molar-refractivity contribution in [3.05, 3.63) is 35.4 Å². The number of methoxy groups -OCH3 is 1. The summed E-state index contributed by atoms with van der Waals surface area (Å²) < 4.78 is 5.43. The third kappa shape index (κ3) is 4.89. The number of ether oxygens (including phenoxy) is 1. The molecule has 1 heterocycles. The first-order valence-corrected chi connectivity index (χ1v) is 7.54. The molecule has 3 nitrogen and oxygen atoms in total. The molecule has 1 N–H and O–H groups in total. The lowest BCUT2D eigenvalue weighted by Crippen LogP contribution is -2.35. The first-order valence-electron chi connectivity index (χ1n) is 7.54. The molecule has 0 saturated carbocycles. The number of hydrogen-bond donors (Lipinski definition) is 1. The van der Waals surface area contributed by atoms with Gasteiger partial charge in [0.2, 0.25) is 0 Å². The summed E-state index contributed by atoms with van der Waals surface area (Å²) in [5.41, 5.74) is 2.92. The van der Waals surface area contributed by atoms with Crippen LogP contribution in [0.2, 0.25) is 0 Å². The first-order chi connectivity index (χ1) is 9.46. The third-order valence-electron chi connectivity index (χ3n) is 3.78. The third-order valence-corrected chi connectivity index (χ3v) is 3.78. The topological polar surface area (TPSA) is 24.5 Å². The fourth-order valence-corrected chi connectivity index (χ4v) is 2.60. The summed E-state index contributed by atoms with van der Waals surface area (Å²) in [4.78, 5) is 2.48.